The average Bonchev–Trinajstić information content (AvgIpc) is 2.49. The number of hydrogen-bond donors (Lipinski definition) is 1. The van der Waals surface area contributed by atoms with Crippen molar-refractivity contribution in [3.8, 4) is 0 Å². The summed E-state index contributed by atoms with van der Waals surface area (Å²) in [5, 5.41) is 4.43. The number of rotatable bonds is 5. The molecule has 0 spiro atoms. The highest BCUT2D eigenvalue weighted by Gasteiger charge is 2.15. The lowest BCUT2D eigenvalue weighted by Crippen LogP contribution is -2.24. The van der Waals surface area contributed by atoms with Crippen molar-refractivity contribution in [1.29, 1.82) is 0 Å². The van der Waals surface area contributed by atoms with Gasteiger partial charge in [0.2, 0.25) is 0 Å². The van der Waals surface area contributed by atoms with Crippen LogP contribution in [-0.4, -0.2) is 23.4 Å². The number of nitrogens with zero attached hydrogens (tertiary/aromatic N) is 3. The summed E-state index contributed by atoms with van der Waals surface area (Å²) in [5.74, 6) is 1.87. The van der Waals surface area contributed by atoms with E-state index in [0.29, 0.717) is 6.54 Å². The topological polar surface area (TPSA) is 47.1 Å². The summed E-state index contributed by atoms with van der Waals surface area (Å²) >= 11 is 0. The average molecular weight is 224 g/mol. The Morgan fingerprint density at radius 1 is 1.44 bits per heavy atom. The molecule has 0 saturated carbocycles. The number of aromatic nitrogens is 2. The highest BCUT2D eigenvalue weighted by molar-refractivity contribution is 5.49. The first-order chi connectivity index (χ1) is 7.47. The molecule has 0 aromatic carbocycles. The molecule has 1 aromatic rings. The van der Waals surface area contributed by atoms with E-state index >= 15 is 0 Å². The van der Waals surface area contributed by atoms with Crippen LogP contribution in [0.25, 0.3) is 0 Å². The van der Waals surface area contributed by atoms with Gasteiger partial charge >= 0.3 is 0 Å². The zero-order valence-corrected chi connectivity index (χ0v) is 11.1. The van der Waals surface area contributed by atoms with Gasteiger partial charge in [-0.25, -0.2) is 0 Å². The summed E-state index contributed by atoms with van der Waals surface area (Å²) in [4.78, 5) is 2.25. The predicted octanol–water partition coefficient (Wildman–Crippen LogP) is 1.67. The Hall–Kier alpha value is -1.03. The lowest BCUT2D eigenvalue weighted by atomic mass is 10.1. The summed E-state index contributed by atoms with van der Waals surface area (Å²) in [5.41, 5.74) is 7.98. The van der Waals surface area contributed by atoms with E-state index in [1.807, 2.05) is 18.7 Å². The fourth-order valence-electron chi connectivity index (χ4n) is 1.96. The zero-order valence-electron chi connectivity index (χ0n) is 11.1. The number of nitrogens with two attached hydrogens (primary N) is 1. The normalized spacial score (nSPS) is 11.2. The SMILES string of the molecule is Cc1nn(C)c(N(C)CCC(C)C)c1CN. The van der Waals surface area contributed by atoms with E-state index in [1.54, 1.807) is 0 Å². The third kappa shape index (κ3) is 2.76. The largest absolute Gasteiger partial charge is 0.360 e. The molecular formula is C12H24N4. The third-order valence-electron chi connectivity index (χ3n) is 2.92. The van der Waals surface area contributed by atoms with Gasteiger partial charge in [-0.2, -0.15) is 5.10 Å². The van der Waals surface area contributed by atoms with Crippen LogP contribution in [0.15, 0.2) is 0 Å². The van der Waals surface area contributed by atoms with Gasteiger partial charge in [0.15, 0.2) is 0 Å². The molecule has 0 bridgehead atoms. The highest BCUT2D eigenvalue weighted by atomic mass is 15.4. The summed E-state index contributed by atoms with van der Waals surface area (Å²) in [6.45, 7) is 8.10. The molecule has 1 rings (SSSR count). The molecule has 0 unspecified atom stereocenters. The van der Waals surface area contributed by atoms with Crippen LogP contribution in [0.5, 0.6) is 0 Å². The Labute approximate surface area is 98.4 Å². The molecule has 4 heteroatoms. The van der Waals surface area contributed by atoms with Gasteiger partial charge in [0.1, 0.15) is 5.82 Å². The van der Waals surface area contributed by atoms with E-state index < -0.39 is 0 Å². The van der Waals surface area contributed by atoms with E-state index in [4.69, 9.17) is 5.73 Å². The Morgan fingerprint density at radius 2 is 2.06 bits per heavy atom. The van der Waals surface area contributed by atoms with Crippen molar-refractivity contribution in [2.75, 3.05) is 18.5 Å². The number of aryl methyl sites for hydroxylation is 2. The van der Waals surface area contributed by atoms with Crippen LogP contribution >= 0.6 is 0 Å². The van der Waals surface area contributed by atoms with Gasteiger partial charge in [0.25, 0.3) is 0 Å². The van der Waals surface area contributed by atoms with E-state index in [1.165, 1.54) is 6.42 Å². The van der Waals surface area contributed by atoms with E-state index in [2.05, 4.69) is 30.9 Å². The standard InChI is InChI=1S/C12H24N4/c1-9(2)6-7-15(4)12-11(8-13)10(3)14-16(12)5/h9H,6-8,13H2,1-5H3. The van der Waals surface area contributed by atoms with Crippen LogP contribution < -0.4 is 10.6 Å². The van der Waals surface area contributed by atoms with Gasteiger partial charge in [0, 0.05) is 32.7 Å². The first kappa shape index (κ1) is 13.0. The van der Waals surface area contributed by atoms with Crippen molar-refractivity contribution in [3.05, 3.63) is 11.3 Å². The Kier molecular flexibility index (Phi) is 4.35. The predicted molar refractivity (Wildman–Crippen MR) is 68.6 cm³/mol. The molecule has 0 aliphatic heterocycles. The van der Waals surface area contributed by atoms with Gasteiger partial charge in [-0.1, -0.05) is 13.8 Å². The molecule has 0 aliphatic rings. The molecular weight excluding hydrogens is 200 g/mol. The van der Waals surface area contributed by atoms with Crippen molar-refractivity contribution in [1.82, 2.24) is 9.78 Å². The maximum atomic E-state index is 5.78. The van der Waals surface area contributed by atoms with E-state index in [9.17, 15) is 0 Å². The fraction of sp³-hybridized carbons (Fsp3) is 0.750. The second kappa shape index (κ2) is 5.34. The van der Waals surface area contributed by atoms with Crippen molar-refractivity contribution >= 4 is 5.82 Å². The Balaban J connectivity index is 2.85. The van der Waals surface area contributed by atoms with Crippen LogP contribution in [0.2, 0.25) is 0 Å². The quantitative estimate of drug-likeness (QED) is 0.827. The maximum absolute atomic E-state index is 5.78. The number of anilines is 1. The minimum Gasteiger partial charge on any atom is -0.360 e. The minimum atomic E-state index is 0.557. The molecule has 0 fully saturated rings. The highest BCUT2D eigenvalue weighted by Crippen LogP contribution is 2.22. The van der Waals surface area contributed by atoms with E-state index in [0.717, 1.165) is 29.5 Å². The zero-order chi connectivity index (χ0) is 12.3. The lowest BCUT2D eigenvalue weighted by molar-refractivity contribution is 0.578. The maximum Gasteiger partial charge on any atom is 0.131 e. The van der Waals surface area contributed by atoms with Crippen LogP contribution in [0.1, 0.15) is 31.5 Å². The van der Waals surface area contributed by atoms with Gasteiger partial charge in [-0.3, -0.25) is 4.68 Å². The van der Waals surface area contributed by atoms with Crippen LogP contribution in [0.4, 0.5) is 5.82 Å². The molecule has 1 aromatic heterocycles. The van der Waals surface area contributed by atoms with Crippen molar-refractivity contribution in [3.63, 3.8) is 0 Å². The van der Waals surface area contributed by atoms with Crippen molar-refractivity contribution < 1.29 is 0 Å². The smallest absolute Gasteiger partial charge is 0.131 e. The first-order valence-corrected chi connectivity index (χ1v) is 5.91. The molecule has 0 radical (unpaired) electrons. The molecule has 0 saturated heterocycles. The van der Waals surface area contributed by atoms with Crippen LogP contribution in [0.3, 0.4) is 0 Å². The summed E-state index contributed by atoms with van der Waals surface area (Å²) < 4.78 is 1.93. The molecule has 92 valence electrons. The summed E-state index contributed by atoms with van der Waals surface area (Å²) in [6, 6.07) is 0. The summed E-state index contributed by atoms with van der Waals surface area (Å²) in [7, 11) is 4.09. The van der Waals surface area contributed by atoms with Gasteiger partial charge < -0.3 is 10.6 Å². The Morgan fingerprint density at radius 3 is 2.56 bits per heavy atom. The van der Waals surface area contributed by atoms with Crippen molar-refractivity contribution in [2.45, 2.75) is 33.7 Å². The summed E-state index contributed by atoms with van der Waals surface area (Å²) in [6.07, 6.45) is 1.19. The van der Waals surface area contributed by atoms with Crippen molar-refractivity contribution in [2.24, 2.45) is 18.7 Å². The number of hydrogen-bond acceptors (Lipinski definition) is 3. The molecule has 0 atom stereocenters. The first-order valence-electron chi connectivity index (χ1n) is 5.91. The molecule has 2 N–H and O–H groups in total. The van der Waals surface area contributed by atoms with E-state index in [-0.39, 0.29) is 0 Å². The molecule has 4 nitrogen and oxygen atoms in total. The third-order valence-corrected chi connectivity index (χ3v) is 2.92. The second-order valence-corrected chi connectivity index (χ2v) is 4.82. The fourth-order valence-corrected chi connectivity index (χ4v) is 1.96. The minimum absolute atomic E-state index is 0.557. The van der Waals surface area contributed by atoms with Crippen LogP contribution in [0, 0.1) is 12.8 Å². The molecule has 0 amide bonds. The lowest BCUT2D eigenvalue weighted by Gasteiger charge is -2.21. The second-order valence-electron chi connectivity index (χ2n) is 4.82. The Bertz CT molecular complexity index is 341. The van der Waals surface area contributed by atoms with Gasteiger partial charge in [0.05, 0.1) is 5.69 Å². The monoisotopic (exact) mass is 224 g/mol. The van der Waals surface area contributed by atoms with Crippen LogP contribution in [-0.2, 0) is 13.6 Å². The molecule has 1 heterocycles. The molecule has 16 heavy (non-hydrogen) atoms. The van der Waals surface area contributed by atoms with Gasteiger partial charge in [-0.15, -0.1) is 0 Å². The van der Waals surface area contributed by atoms with Gasteiger partial charge in [-0.05, 0) is 19.3 Å². The molecule has 0 aliphatic carbocycles.